The van der Waals surface area contributed by atoms with Crippen LogP contribution < -0.4 is 11.3 Å². The summed E-state index contributed by atoms with van der Waals surface area (Å²) < 4.78 is 1.59. The fourth-order valence-electron chi connectivity index (χ4n) is 2.61. The lowest BCUT2D eigenvalue weighted by Crippen LogP contribution is -2.22. The zero-order valence-electron chi connectivity index (χ0n) is 12.9. The molecule has 0 amide bonds. The zero-order chi connectivity index (χ0) is 15.9. The second kappa shape index (κ2) is 5.35. The summed E-state index contributed by atoms with van der Waals surface area (Å²) in [4.78, 5) is 21.5. The second-order valence-electron chi connectivity index (χ2n) is 5.59. The average Bonchev–Trinajstić information content (AvgIpc) is 2.51. The molecule has 0 aliphatic rings. The number of nitrogens with zero attached hydrogens (tertiary/aromatic N) is 3. The maximum absolute atomic E-state index is 12.7. The molecule has 0 bridgehead atoms. The van der Waals surface area contributed by atoms with Crippen LogP contribution in [0.2, 0.25) is 0 Å². The van der Waals surface area contributed by atoms with Crippen LogP contribution in [0.25, 0.3) is 16.9 Å². The first-order chi connectivity index (χ1) is 10.5. The lowest BCUT2D eigenvalue weighted by atomic mass is 10.1. The van der Waals surface area contributed by atoms with E-state index in [0.29, 0.717) is 16.9 Å². The normalized spacial score (nSPS) is 12.5. The highest BCUT2D eigenvalue weighted by Crippen LogP contribution is 2.22. The first kappa shape index (κ1) is 14.4. The summed E-state index contributed by atoms with van der Waals surface area (Å²) in [5.74, 6) is 0. The minimum Gasteiger partial charge on any atom is -0.324 e. The van der Waals surface area contributed by atoms with E-state index in [1.54, 1.807) is 29.9 Å². The lowest BCUT2D eigenvalue weighted by Gasteiger charge is -2.14. The molecule has 5 nitrogen and oxygen atoms in total. The Kier molecular flexibility index (Phi) is 3.50. The van der Waals surface area contributed by atoms with Crippen molar-refractivity contribution in [3.63, 3.8) is 0 Å². The van der Waals surface area contributed by atoms with Crippen molar-refractivity contribution in [2.75, 3.05) is 0 Å². The molecule has 3 aromatic heterocycles. The van der Waals surface area contributed by atoms with Gasteiger partial charge >= 0.3 is 0 Å². The van der Waals surface area contributed by atoms with Gasteiger partial charge in [0.15, 0.2) is 0 Å². The summed E-state index contributed by atoms with van der Waals surface area (Å²) >= 11 is 0. The Bertz CT molecular complexity index is 898. The summed E-state index contributed by atoms with van der Waals surface area (Å²) in [5.41, 5.74) is 10.5. The molecular formula is C17H18N4O. The molecule has 112 valence electrons. The SMILES string of the molecule is Cc1cc(C(C)N)c2nc(-c3cccnc3)c(C)c(=O)n2c1. The fourth-order valence-corrected chi connectivity index (χ4v) is 2.61. The molecule has 3 aromatic rings. The maximum Gasteiger partial charge on any atom is 0.261 e. The van der Waals surface area contributed by atoms with E-state index < -0.39 is 0 Å². The van der Waals surface area contributed by atoms with Crippen LogP contribution >= 0.6 is 0 Å². The van der Waals surface area contributed by atoms with Gasteiger partial charge in [0.1, 0.15) is 5.65 Å². The molecule has 0 radical (unpaired) electrons. The Morgan fingerprint density at radius 1 is 1.32 bits per heavy atom. The number of rotatable bonds is 2. The second-order valence-corrected chi connectivity index (χ2v) is 5.59. The number of pyridine rings is 2. The van der Waals surface area contributed by atoms with Crippen LogP contribution in [-0.4, -0.2) is 14.4 Å². The molecule has 0 fully saturated rings. The van der Waals surface area contributed by atoms with Crippen molar-refractivity contribution >= 4 is 5.65 Å². The van der Waals surface area contributed by atoms with E-state index in [4.69, 9.17) is 10.7 Å². The van der Waals surface area contributed by atoms with Gasteiger partial charge in [0.2, 0.25) is 0 Å². The first-order valence-electron chi connectivity index (χ1n) is 7.18. The highest BCUT2D eigenvalue weighted by Gasteiger charge is 2.15. The highest BCUT2D eigenvalue weighted by molar-refractivity contribution is 5.65. The highest BCUT2D eigenvalue weighted by atomic mass is 16.1. The maximum atomic E-state index is 12.7. The van der Waals surface area contributed by atoms with Crippen molar-refractivity contribution in [3.8, 4) is 11.3 Å². The van der Waals surface area contributed by atoms with Gasteiger partial charge in [-0.05, 0) is 44.5 Å². The van der Waals surface area contributed by atoms with E-state index in [1.807, 2.05) is 32.0 Å². The van der Waals surface area contributed by atoms with E-state index in [1.165, 1.54) is 0 Å². The smallest absolute Gasteiger partial charge is 0.261 e. The van der Waals surface area contributed by atoms with E-state index in [-0.39, 0.29) is 11.6 Å². The van der Waals surface area contributed by atoms with Crippen LogP contribution in [0, 0.1) is 13.8 Å². The Morgan fingerprint density at radius 3 is 2.73 bits per heavy atom. The number of fused-ring (bicyclic) bond motifs is 1. The van der Waals surface area contributed by atoms with E-state index >= 15 is 0 Å². The van der Waals surface area contributed by atoms with Gasteiger partial charge in [-0.3, -0.25) is 14.2 Å². The van der Waals surface area contributed by atoms with Gasteiger partial charge in [0.05, 0.1) is 5.69 Å². The van der Waals surface area contributed by atoms with Gasteiger partial charge in [0.25, 0.3) is 5.56 Å². The number of nitrogens with two attached hydrogens (primary N) is 1. The molecule has 3 heterocycles. The van der Waals surface area contributed by atoms with E-state index in [2.05, 4.69) is 4.98 Å². The molecule has 5 heteroatoms. The van der Waals surface area contributed by atoms with Crippen molar-refractivity contribution in [3.05, 3.63) is 63.8 Å². The third-order valence-electron chi connectivity index (χ3n) is 3.74. The van der Waals surface area contributed by atoms with Crippen LogP contribution in [0.15, 0.2) is 41.6 Å². The molecular weight excluding hydrogens is 276 g/mol. The van der Waals surface area contributed by atoms with Crippen LogP contribution in [0.4, 0.5) is 0 Å². The third-order valence-corrected chi connectivity index (χ3v) is 3.74. The van der Waals surface area contributed by atoms with Gasteiger partial charge in [-0.25, -0.2) is 4.98 Å². The molecule has 3 rings (SSSR count). The summed E-state index contributed by atoms with van der Waals surface area (Å²) in [6, 6.07) is 5.51. The van der Waals surface area contributed by atoms with Crippen LogP contribution in [0.3, 0.4) is 0 Å². The number of hydrogen-bond donors (Lipinski definition) is 1. The molecule has 0 aromatic carbocycles. The fraction of sp³-hybridized carbons (Fsp3) is 0.235. The molecule has 0 aliphatic heterocycles. The summed E-state index contributed by atoms with van der Waals surface area (Å²) in [6.07, 6.45) is 5.21. The number of aromatic nitrogens is 3. The number of aryl methyl sites for hydroxylation is 1. The molecule has 1 atom stereocenters. The predicted molar refractivity (Wildman–Crippen MR) is 86.8 cm³/mol. The quantitative estimate of drug-likeness (QED) is 0.787. The molecule has 2 N–H and O–H groups in total. The Hall–Kier alpha value is -2.53. The lowest BCUT2D eigenvalue weighted by molar-refractivity contribution is 0.807. The average molecular weight is 294 g/mol. The topological polar surface area (TPSA) is 73.3 Å². The minimum absolute atomic E-state index is 0.0746. The van der Waals surface area contributed by atoms with Crippen molar-refractivity contribution in [2.24, 2.45) is 5.73 Å². The molecule has 0 spiro atoms. The Balaban J connectivity index is 2.43. The van der Waals surface area contributed by atoms with Crippen LogP contribution in [-0.2, 0) is 0 Å². The summed E-state index contributed by atoms with van der Waals surface area (Å²) in [7, 11) is 0. The first-order valence-corrected chi connectivity index (χ1v) is 7.18. The van der Waals surface area contributed by atoms with Crippen LogP contribution in [0.5, 0.6) is 0 Å². The summed E-state index contributed by atoms with van der Waals surface area (Å²) in [6.45, 7) is 5.63. The van der Waals surface area contributed by atoms with Crippen molar-refractivity contribution < 1.29 is 0 Å². The third kappa shape index (κ3) is 2.29. The molecule has 0 saturated heterocycles. The Labute approximate surface area is 128 Å². The standard InChI is InChI=1S/C17H18N4O/c1-10-7-14(12(3)18)16-20-15(13-5-4-6-19-8-13)11(2)17(22)21(16)9-10/h4-9,12H,18H2,1-3H3. The van der Waals surface area contributed by atoms with Gasteiger partial charge in [-0.2, -0.15) is 0 Å². The van der Waals surface area contributed by atoms with Crippen molar-refractivity contribution in [2.45, 2.75) is 26.8 Å². The minimum atomic E-state index is -0.203. The van der Waals surface area contributed by atoms with Gasteiger partial charge in [-0.1, -0.05) is 0 Å². The Morgan fingerprint density at radius 2 is 2.09 bits per heavy atom. The molecule has 1 unspecified atom stereocenters. The van der Waals surface area contributed by atoms with Crippen molar-refractivity contribution in [1.82, 2.24) is 14.4 Å². The number of hydrogen-bond acceptors (Lipinski definition) is 4. The van der Waals surface area contributed by atoms with Gasteiger partial charge in [0, 0.05) is 41.3 Å². The molecule has 22 heavy (non-hydrogen) atoms. The van der Waals surface area contributed by atoms with Crippen molar-refractivity contribution in [1.29, 1.82) is 0 Å². The largest absolute Gasteiger partial charge is 0.324 e. The van der Waals surface area contributed by atoms with Gasteiger partial charge in [-0.15, -0.1) is 0 Å². The molecule has 0 aliphatic carbocycles. The van der Waals surface area contributed by atoms with E-state index in [9.17, 15) is 4.79 Å². The summed E-state index contributed by atoms with van der Waals surface area (Å²) in [5, 5.41) is 0. The van der Waals surface area contributed by atoms with E-state index in [0.717, 1.165) is 16.7 Å². The zero-order valence-corrected chi connectivity index (χ0v) is 12.9. The predicted octanol–water partition coefficient (Wildman–Crippen LogP) is 2.39. The van der Waals surface area contributed by atoms with Gasteiger partial charge < -0.3 is 5.73 Å². The van der Waals surface area contributed by atoms with Crippen LogP contribution in [0.1, 0.15) is 29.7 Å². The monoisotopic (exact) mass is 294 g/mol. The molecule has 0 saturated carbocycles.